The molecule has 2 aromatic carbocycles. The lowest BCUT2D eigenvalue weighted by atomic mass is 9.92. The highest BCUT2D eigenvalue weighted by Gasteiger charge is 2.23. The van der Waals surface area contributed by atoms with Crippen LogP contribution in [0.3, 0.4) is 0 Å². The molecule has 0 saturated heterocycles. The van der Waals surface area contributed by atoms with Gasteiger partial charge < -0.3 is 20.3 Å². The predicted octanol–water partition coefficient (Wildman–Crippen LogP) is 5.86. The van der Waals surface area contributed by atoms with Crippen LogP contribution in [0.1, 0.15) is 56.5 Å². The van der Waals surface area contributed by atoms with Gasteiger partial charge in [0.05, 0.1) is 11.4 Å². The van der Waals surface area contributed by atoms with Crippen LogP contribution < -0.4 is 10.6 Å². The maximum absolute atomic E-state index is 13.3. The van der Waals surface area contributed by atoms with E-state index in [1.165, 1.54) is 10.5 Å². The molecule has 38 heavy (non-hydrogen) atoms. The Balaban J connectivity index is 1.82. The summed E-state index contributed by atoms with van der Waals surface area (Å²) in [6, 6.07) is 15.4. The lowest BCUT2D eigenvalue weighted by Crippen LogP contribution is -2.41. The molecule has 3 aromatic rings. The van der Waals surface area contributed by atoms with Crippen LogP contribution in [0, 0.1) is 13.8 Å². The van der Waals surface area contributed by atoms with Gasteiger partial charge in [0.1, 0.15) is 12.4 Å². The molecule has 204 valence electrons. The average Bonchev–Trinajstić information content (AvgIpc) is 3.28. The zero-order valence-corrected chi connectivity index (χ0v) is 23.7. The van der Waals surface area contributed by atoms with Gasteiger partial charge in [0.25, 0.3) is 0 Å². The molecule has 0 aliphatic rings. The van der Waals surface area contributed by atoms with Crippen molar-refractivity contribution < 1.29 is 14.3 Å². The molecule has 3 rings (SSSR count). The van der Waals surface area contributed by atoms with Crippen molar-refractivity contribution in [2.24, 2.45) is 0 Å². The number of hydrogen-bond acceptors (Lipinski definition) is 4. The summed E-state index contributed by atoms with van der Waals surface area (Å²) in [4.78, 5) is 27.9. The molecular formula is C30H41N5O3. The summed E-state index contributed by atoms with van der Waals surface area (Å²) < 4.78 is 6.94. The Bertz CT molecular complexity index is 1240. The number of amides is 3. The van der Waals surface area contributed by atoms with Gasteiger partial charge in [0, 0.05) is 37.4 Å². The van der Waals surface area contributed by atoms with Gasteiger partial charge in [-0.15, -0.1) is 0 Å². The molecular weight excluding hydrogens is 478 g/mol. The molecule has 2 N–H and O–H groups in total. The molecule has 1 aromatic heterocycles. The van der Waals surface area contributed by atoms with Crippen LogP contribution in [0.15, 0.2) is 48.5 Å². The summed E-state index contributed by atoms with van der Waals surface area (Å²) in [6.07, 6.45) is 1.54. The number of carbonyl (C=O) groups is 2. The molecule has 0 atom stereocenters. The third-order valence-corrected chi connectivity index (χ3v) is 6.34. The highest BCUT2D eigenvalue weighted by molar-refractivity contribution is 5.96. The zero-order chi connectivity index (χ0) is 27.9. The van der Waals surface area contributed by atoms with Crippen LogP contribution in [-0.4, -0.2) is 53.4 Å². The number of hydrogen-bond donors (Lipinski definition) is 2. The zero-order valence-electron chi connectivity index (χ0n) is 23.7. The number of urea groups is 1. The van der Waals surface area contributed by atoms with Crippen LogP contribution >= 0.6 is 0 Å². The number of aromatic nitrogens is 2. The molecule has 0 aliphatic carbocycles. The number of rotatable bonds is 10. The molecule has 0 saturated carbocycles. The van der Waals surface area contributed by atoms with Crippen LogP contribution in [0.2, 0.25) is 0 Å². The Labute approximate surface area is 226 Å². The smallest absolute Gasteiger partial charge is 0.322 e. The van der Waals surface area contributed by atoms with Gasteiger partial charge in [-0.05, 0) is 56.0 Å². The van der Waals surface area contributed by atoms with Gasteiger partial charge in [-0.25, -0.2) is 9.48 Å². The first kappa shape index (κ1) is 28.9. The van der Waals surface area contributed by atoms with Gasteiger partial charge in [0.15, 0.2) is 0 Å². The minimum Gasteiger partial charge on any atom is -0.385 e. The predicted molar refractivity (Wildman–Crippen MR) is 153 cm³/mol. The van der Waals surface area contributed by atoms with Crippen LogP contribution in [-0.2, 0) is 21.4 Å². The topological polar surface area (TPSA) is 88.5 Å². The van der Waals surface area contributed by atoms with Crippen molar-refractivity contribution in [1.29, 1.82) is 0 Å². The first-order chi connectivity index (χ1) is 18.0. The number of methoxy groups -OCH3 is 1. The first-order valence-electron chi connectivity index (χ1n) is 13.1. The van der Waals surface area contributed by atoms with E-state index >= 15 is 0 Å². The minimum absolute atomic E-state index is 0.106. The monoisotopic (exact) mass is 519 g/mol. The van der Waals surface area contributed by atoms with Crippen molar-refractivity contribution >= 4 is 23.4 Å². The number of carbonyl (C=O) groups excluding carboxylic acids is 2. The summed E-state index contributed by atoms with van der Waals surface area (Å²) in [5.74, 6) is 0.268. The van der Waals surface area contributed by atoms with Crippen LogP contribution in [0.25, 0.3) is 5.69 Å². The molecule has 0 fully saturated rings. The average molecular weight is 520 g/mol. The van der Waals surface area contributed by atoms with E-state index in [0.29, 0.717) is 31.1 Å². The van der Waals surface area contributed by atoms with Crippen molar-refractivity contribution in [2.45, 2.75) is 59.8 Å². The van der Waals surface area contributed by atoms with Gasteiger partial charge in [-0.3, -0.25) is 4.79 Å². The molecule has 8 nitrogen and oxygen atoms in total. The van der Waals surface area contributed by atoms with E-state index in [1.807, 2.05) is 56.3 Å². The lowest BCUT2D eigenvalue weighted by Gasteiger charge is -2.23. The highest BCUT2D eigenvalue weighted by Crippen LogP contribution is 2.28. The summed E-state index contributed by atoms with van der Waals surface area (Å²) >= 11 is 0. The quantitative estimate of drug-likeness (QED) is 0.329. The molecule has 0 unspecified atom stereocenters. The molecule has 3 amide bonds. The fourth-order valence-electron chi connectivity index (χ4n) is 4.10. The highest BCUT2D eigenvalue weighted by atomic mass is 16.5. The van der Waals surface area contributed by atoms with Crippen molar-refractivity contribution in [2.75, 3.05) is 37.4 Å². The normalized spacial score (nSPS) is 11.3. The van der Waals surface area contributed by atoms with E-state index in [9.17, 15) is 9.59 Å². The SMILES string of the molecule is CCc1ccc(NC(=O)N(CCCOC)CC(=O)Nc2cc(C(C)(C)C)nn2-c2ccc(C)cc2C)cc1. The third-order valence-electron chi connectivity index (χ3n) is 6.34. The molecule has 0 bridgehead atoms. The van der Waals surface area contributed by atoms with E-state index in [4.69, 9.17) is 9.84 Å². The van der Waals surface area contributed by atoms with Crippen LogP contribution in [0.4, 0.5) is 16.3 Å². The van der Waals surface area contributed by atoms with Crippen molar-refractivity contribution in [3.05, 3.63) is 70.9 Å². The van der Waals surface area contributed by atoms with Crippen molar-refractivity contribution in [3.8, 4) is 5.69 Å². The molecule has 8 heteroatoms. The minimum atomic E-state index is -0.334. The maximum atomic E-state index is 13.3. The van der Waals surface area contributed by atoms with Gasteiger partial charge >= 0.3 is 6.03 Å². The number of ether oxygens (including phenoxy) is 1. The van der Waals surface area contributed by atoms with E-state index < -0.39 is 0 Å². The Morgan fingerprint density at radius 2 is 1.74 bits per heavy atom. The second-order valence-corrected chi connectivity index (χ2v) is 10.7. The van der Waals surface area contributed by atoms with Gasteiger partial charge in [-0.2, -0.15) is 5.10 Å². The Kier molecular flexibility index (Phi) is 9.69. The third kappa shape index (κ3) is 7.68. The largest absolute Gasteiger partial charge is 0.385 e. The van der Waals surface area contributed by atoms with Crippen LogP contribution in [0.5, 0.6) is 0 Å². The van der Waals surface area contributed by atoms with E-state index in [2.05, 4.69) is 44.4 Å². The van der Waals surface area contributed by atoms with E-state index in [1.54, 1.807) is 11.8 Å². The van der Waals surface area contributed by atoms with E-state index in [0.717, 1.165) is 28.9 Å². The number of nitrogens with one attached hydrogen (secondary N) is 2. The summed E-state index contributed by atoms with van der Waals surface area (Å²) in [5, 5.41) is 10.8. The lowest BCUT2D eigenvalue weighted by molar-refractivity contribution is -0.116. The summed E-state index contributed by atoms with van der Waals surface area (Å²) in [6.45, 7) is 13.2. The maximum Gasteiger partial charge on any atom is 0.322 e. The second-order valence-electron chi connectivity index (χ2n) is 10.7. The number of aryl methyl sites for hydroxylation is 3. The Hall–Kier alpha value is -3.65. The summed E-state index contributed by atoms with van der Waals surface area (Å²) in [5.41, 5.74) is 5.63. The standard InChI is InChI=1S/C30H41N5O3/c1-8-23-11-13-24(14-12-23)31-29(37)34(16-9-17-38-7)20-28(36)32-27-19-26(30(4,5)6)33-35(27)25-15-10-21(2)18-22(25)3/h10-15,18-19H,8-9,16-17,20H2,1-7H3,(H,31,37)(H,32,36). The Morgan fingerprint density at radius 3 is 2.34 bits per heavy atom. The molecule has 0 spiro atoms. The fourth-order valence-corrected chi connectivity index (χ4v) is 4.10. The summed E-state index contributed by atoms with van der Waals surface area (Å²) in [7, 11) is 1.62. The second kappa shape index (κ2) is 12.7. The van der Waals surface area contributed by atoms with Gasteiger partial charge in [0.2, 0.25) is 5.91 Å². The fraction of sp³-hybridized carbons (Fsp3) is 0.433. The number of benzene rings is 2. The van der Waals surface area contributed by atoms with Crippen molar-refractivity contribution in [1.82, 2.24) is 14.7 Å². The molecule has 0 aliphatic heterocycles. The molecule has 1 heterocycles. The first-order valence-corrected chi connectivity index (χ1v) is 13.1. The number of nitrogens with zero attached hydrogens (tertiary/aromatic N) is 3. The van der Waals surface area contributed by atoms with Crippen molar-refractivity contribution in [3.63, 3.8) is 0 Å². The Morgan fingerprint density at radius 1 is 1.03 bits per heavy atom. The van der Waals surface area contributed by atoms with Gasteiger partial charge in [-0.1, -0.05) is 57.5 Å². The number of anilines is 2. The van der Waals surface area contributed by atoms with E-state index in [-0.39, 0.29) is 23.9 Å². The molecule has 0 radical (unpaired) electrons.